The Morgan fingerprint density at radius 1 is 1.14 bits per heavy atom. The van der Waals surface area contributed by atoms with Gasteiger partial charge in [-0.2, -0.15) is 5.10 Å². The maximum atomic E-state index is 12.8. The minimum absolute atomic E-state index is 0.221. The summed E-state index contributed by atoms with van der Waals surface area (Å²) in [5.74, 6) is 0.510. The SMILES string of the molecule is CCOc1ccc(CN(C)Cn2nc(C(=O)NC)c3ccccc3c2=O)cc1. The molecule has 0 saturated carbocycles. The Kier molecular flexibility index (Phi) is 6.06. The van der Waals surface area contributed by atoms with Gasteiger partial charge < -0.3 is 10.1 Å². The highest BCUT2D eigenvalue weighted by molar-refractivity contribution is 6.04. The number of rotatable bonds is 7. The lowest BCUT2D eigenvalue weighted by Gasteiger charge is -2.19. The van der Waals surface area contributed by atoms with Crippen LogP contribution in [-0.2, 0) is 13.2 Å². The average Bonchev–Trinajstić information content (AvgIpc) is 2.71. The molecule has 28 heavy (non-hydrogen) atoms. The van der Waals surface area contributed by atoms with Crippen LogP contribution in [-0.4, -0.2) is 41.3 Å². The largest absolute Gasteiger partial charge is 0.494 e. The van der Waals surface area contributed by atoms with E-state index in [4.69, 9.17) is 4.74 Å². The lowest BCUT2D eigenvalue weighted by molar-refractivity contribution is 0.0956. The molecular formula is C21H24N4O3. The highest BCUT2D eigenvalue weighted by atomic mass is 16.5. The standard InChI is InChI=1S/C21H24N4O3/c1-4-28-16-11-9-15(10-12-16)13-24(3)14-25-21(27)18-8-6-5-7-17(18)19(23-25)20(26)22-2/h5-12H,4,13-14H2,1-3H3,(H,22,26). The number of nitrogens with one attached hydrogen (secondary N) is 1. The van der Waals surface area contributed by atoms with E-state index in [0.717, 1.165) is 11.3 Å². The molecule has 7 heteroatoms. The third kappa shape index (κ3) is 4.20. The summed E-state index contributed by atoms with van der Waals surface area (Å²) in [6.07, 6.45) is 0. The van der Waals surface area contributed by atoms with Crippen LogP contribution in [0.25, 0.3) is 10.8 Å². The van der Waals surface area contributed by atoms with Gasteiger partial charge in [0.15, 0.2) is 5.69 Å². The summed E-state index contributed by atoms with van der Waals surface area (Å²) in [5.41, 5.74) is 1.11. The number of carbonyl (C=O) groups excluding carboxylic acids is 1. The van der Waals surface area contributed by atoms with Gasteiger partial charge in [0, 0.05) is 19.0 Å². The molecule has 0 unspecified atom stereocenters. The van der Waals surface area contributed by atoms with E-state index in [2.05, 4.69) is 10.4 Å². The molecule has 0 radical (unpaired) electrons. The van der Waals surface area contributed by atoms with Crippen molar-refractivity contribution in [1.82, 2.24) is 20.0 Å². The summed E-state index contributed by atoms with van der Waals surface area (Å²) in [4.78, 5) is 27.0. The predicted octanol–water partition coefficient (Wildman–Crippen LogP) is 2.24. The molecule has 0 atom stereocenters. The minimum atomic E-state index is -0.320. The first-order chi connectivity index (χ1) is 13.5. The number of fused-ring (bicyclic) bond motifs is 1. The molecule has 0 saturated heterocycles. The predicted molar refractivity (Wildman–Crippen MR) is 108 cm³/mol. The number of benzene rings is 2. The van der Waals surface area contributed by atoms with E-state index in [9.17, 15) is 9.59 Å². The summed E-state index contributed by atoms with van der Waals surface area (Å²) >= 11 is 0. The number of amides is 1. The first kappa shape index (κ1) is 19.6. The van der Waals surface area contributed by atoms with Crippen molar-refractivity contribution in [2.24, 2.45) is 0 Å². The van der Waals surface area contributed by atoms with Gasteiger partial charge in [-0.05, 0) is 37.7 Å². The first-order valence-electron chi connectivity index (χ1n) is 9.15. The molecule has 3 rings (SSSR count). The van der Waals surface area contributed by atoms with Crippen LogP contribution in [0, 0.1) is 0 Å². The molecule has 1 heterocycles. The van der Waals surface area contributed by atoms with Crippen LogP contribution >= 0.6 is 0 Å². The first-order valence-corrected chi connectivity index (χ1v) is 9.15. The van der Waals surface area contributed by atoms with Crippen molar-refractivity contribution in [2.75, 3.05) is 20.7 Å². The molecule has 1 aromatic heterocycles. The van der Waals surface area contributed by atoms with Crippen LogP contribution in [0.1, 0.15) is 23.0 Å². The van der Waals surface area contributed by atoms with E-state index >= 15 is 0 Å². The van der Waals surface area contributed by atoms with Crippen LogP contribution < -0.4 is 15.6 Å². The molecule has 0 fully saturated rings. The summed E-state index contributed by atoms with van der Waals surface area (Å²) < 4.78 is 6.79. The Morgan fingerprint density at radius 3 is 2.46 bits per heavy atom. The van der Waals surface area contributed by atoms with Crippen LogP contribution in [0.5, 0.6) is 5.75 Å². The quantitative estimate of drug-likeness (QED) is 0.680. The lowest BCUT2D eigenvalue weighted by atomic mass is 10.1. The molecule has 0 spiro atoms. The Hall–Kier alpha value is -3.19. The van der Waals surface area contributed by atoms with E-state index in [1.54, 1.807) is 31.3 Å². The maximum absolute atomic E-state index is 12.8. The fraction of sp³-hybridized carbons (Fsp3) is 0.286. The van der Waals surface area contributed by atoms with Gasteiger partial charge >= 0.3 is 0 Å². The smallest absolute Gasteiger partial charge is 0.275 e. The molecular weight excluding hydrogens is 356 g/mol. The molecule has 0 aliphatic heterocycles. The average molecular weight is 380 g/mol. The molecule has 2 aromatic carbocycles. The van der Waals surface area contributed by atoms with Crippen molar-refractivity contribution < 1.29 is 9.53 Å². The molecule has 0 aliphatic rings. The summed E-state index contributed by atoms with van der Waals surface area (Å²) in [5, 5.41) is 7.94. The fourth-order valence-corrected chi connectivity index (χ4v) is 3.07. The van der Waals surface area contributed by atoms with Gasteiger partial charge in [0.2, 0.25) is 0 Å². The molecule has 1 N–H and O–H groups in total. The van der Waals surface area contributed by atoms with Crippen LogP contribution in [0.3, 0.4) is 0 Å². The van der Waals surface area contributed by atoms with Crippen LogP contribution in [0.4, 0.5) is 0 Å². The Labute approximate surface area is 163 Å². The van der Waals surface area contributed by atoms with Crippen molar-refractivity contribution in [3.63, 3.8) is 0 Å². The van der Waals surface area contributed by atoms with Crippen molar-refractivity contribution >= 4 is 16.7 Å². The summed E-state index contributed by atoms with van der Waals surface area (Å²) in [7, 11) is 3.45. The number of aromatic nitrogens is 2. The lowest BCUT2D eigenvalue weighted by Crippen LogP contribution is -2.34. The van der Waals surface area contributed by atoms with Crippen molar-refractivity contribution in [2.45, 2.75) is 20.1 Å². The van der Waals surface area contributed by atoms with Crippen LogP contribution in [0.15, 0.2) is 53.3 Å². The Bertz CT molecular complexity index is 1030. The molecule has 0 aliphatic carbocycles. The topological polar surface area (TPSA) is 76.5 Å². The molecule has 0 bridgehead atoms. The number of ether oxygens (including phenoxy) is 1. The second-order valence-corrected chi connectivity index (χ2v) is 6.51. The van der Waals surface area contributed by atoms with E-state index in [-0.39, 0.29) is 23.8 Å². The van der Waals surface area contributed by atoms with Gasteiger partial charge in [-0.25, -0.2) is 4.68 Å². The molecule has 146 valence electrons. The minimum Gasteiger partial charge on any atom is -0.494 e. The molecule has 3 aromatic rings. The third-order valence-corrected chi connectivity index (χ3v) is 4.37. The van der Waals surface area contributed by atoms with Gasteiger partial charge in [0.05, 0.1) is 18.7 Å². The van der Waals surface area contributed by atoms with E-state index in [1.165, 1.54) is 4.68 Å². The molecule has 1 amide bonds. The second-order valence-electron chi connectivity index (χ2n) is 6.51. The second kappa shape index (κ2) is 8.67. The van der Waals surface area contributed by atoms with Crippen LogP contribution in [0.2, 0.25) is 0 Å². The summed E-state index contributed by atoms with van der Waals surface area (Å²) in [6, 6.07) is 14.9. The summed E-state index contributed by atoms with van der Waals surface area (Å²) in [6.45, 7) is 3.47. The van der Waals surface area contributed by atoms with E-state index in [0.29, 0.717) is 23.9 Å². The molecule has 7 nitrogen and oxygen atoms in total. The van der Waals surface area contributed by atoms with Crippen molar-refractivity contribution in [1.29, 1.82) is 0 Å². The van der Waals surface area contributed by atoms with Gasteiger partial charge in [-0.15, -0.1) is 0 Å². The van der Waals surface area contributed by atoms with Crippen molar-refractivity contribution in [3.8, 4) is 5.75 Å². The maximum Gasteiger partial charge on any atom is 0.275 e. The third-order valence-electron chi connectivity index (χ3n) is 4.37. The normalized spacial score (nSPS) is 11.0. The highest BCUT2D eigenvalue weighted by Gasteiger charge is 2.16. The Morgan fingerprint density at radius 2 is 1.82 bits per heavy atom. The number of nitrogens with zero attached hydrogens (tertiary/aromatic N) is 3. The zero-order chi connectivity index (χ0) is 20.1. The highest BCUT2D eigenvalue weighted by Crippen LogP contribution is 2.15. The fourth-order valence-electron chi connectivity index (χ4n) is 3.07. The Balaban J connectivity index is 1.86. The number of hydrogen-bond donors (Lipinski definition) is 1. The zero-order valence-electron chi connectivity index (χ0n) is 16.3. The zero-order valence-corrected chi connectivity index (χ0v) is 16.3. The van der Waals surface area contributed by atoms with Crippen molar-refractivity contribution in [3.05, 3.63) is 70.1 Å². The van der Waals surface area contributed by atoms with Gasteiger partial charge in [-0.1, -0.05) is 30.3 Å². The van der Waals surface area contributed by atoms with E-state index < -0.39 is 0 Å². The van der Waals surface area contributed by atoms with E-state index in [1.807, 2.05) is 43.1 Å². The van der Waals surface area contributed by atoms with Gasteiger partial charge in [0.25, 0.3) is 11.5 Å². The van der Waals surface area contributed by atoms with Gasteiger partial charge in [0.1, 0.15) is 5.75 Å². The number of carbonyl (C=O) groups is 1. The monoisotopic (exact) mass is 380 g/mol. The van der Waals surface area contributed by atoms with Gasteiger partial charge in [-0.3, -0.25) is 14.5 Å². The number of hydrogen-bond acceptors (Lipinski definition) is 5.